The number of nitrogens with zero attached hydrogens (tertiary/aromatic N) is 1. The van der Waals surface area contributed by atoms with Gasteiger partial charge in [0.1, 0.15) is 0 Å². The molecule has 1 fully saturated rings. The van der Waals surface area contributed by atoms with Gasteiger partial charge in [0.15, 0.2) is 0 Å². The molecule has 1 aromatic carbocycles. The number of nitrogens with two attached hydrogens (primary N) is 1. The quantitative estimate of drug-likeness (QED) is 0.834. The number of likely N-dealkylation sites (tertiary alicyclic amines) is 1. The Balaban J connectivity index is 1.99. The number of amides is 1. The van der Waals surface area contributed by atoms with Crippen LogP contribution in [0.4, 0.5) is 11.4 Å². The number of carbonyl (C=O) groups is 1. The number of piperidine rings is 1. The third-order valence-electron chi connectivity index (χ3n) is 4.48. The van der Waals surface area contributed by atoms with Crippen LogP contribution in [-0.4, -0.2) is 29.4 Å². The zero-order chi connectivity index (χ0) is 14.7. The van der Waals surface area contributed by atoms with Gasteiger partial charge in [0.25, 0.3) is 0 Å². The molecule has 0 spiro atoms. The van der Waals surface area contributed by atoms with Crippen LogP contribution in [0.1, 0.15) is 33.6 Å². The van der Waals surface area contributed by atoms with Crippen LogP contribution in [0.2, 0.25) is 0 Å². The van der Waals surface area contributed by atoms with Crippen molar-refractivity contribution in [2.75, 3.05) is 17.6 Å². The lowest BCUT2D eigenvalue weighted by molar-refractivity contribution is -0.122. The van der Waals surface area contributed by atoms with Crippen LogP contribution in [0.5, 0.6) is 0 Å². The van der Waals surface area contributed by atoms with Crippen molar-refractivity contribution in [1.29, 1.82) is 0 Å². The Morgan fingerprint density at radius 1 is 1.35 bits per heavy atom. The van der Waals surface area contributed by atoms with Gasteiger partial charge in [-0.1, -0.05) is 6.92 Å². The number of carbonyl (C=O) groups excluding carboxylic acids is 1. The highest BCUT2D eigenvalue weighted by molar-refractivity contribution is 5.94. The van der Waals surface area contributed by atoms with Gasteiger partial charge < -0.3 is 11.1 Å². The molecule has 1 aliphatic heterocycles. The number of benzene rings is 1. The van der Waals surface area contributed by atoms with E-state index in [-0.39, 0.29) is 11.9 Å². The fraction of sp³-hybridized carbons (Fsp3) is 0.562. The summed E-state index contributed by atoms with van der Waals surface area (Å²) in [5, 5.41) is 2.97. The van der Waals surface area contributed by atoms with Crippen molar-refractivity contribution in [2.45, 2.75) is 45.7 Å². The number of nitrogens with one attached hydrogen (secondary N) is 1. The Bertz CT molecular complexity index is 457. The Kier molecular flexibility index (Phi) is 4.65. The van der Waals surface area contributed by atoms with Crippen molar-refractivity contribution < 1.29 is 4.79 Å². The van der Waals surface area contributed by atoms with Gasteiger partial charge in [0, 0.05) is 17.4 Å². The molecule has 110 valence electrons. The maximum atomic E-state index is 12.4. The summed E-state index contributed by atoms with van der Waals surface area (Å²) in [4.78, 5) is 14.7. The first-order valence-electron chi connectivity index (χ1n) is 7.41. The predicted molar refractivity (Wildman–Crippen MR) is 83.5 cm³/mol. The summed E-state index contributed by atoms with van der Waals surface area (Å²) in [6.07, 6.45) is 2.43. The van der Waals surface area contributed by atoms with E-state index in [0.717, 1.165) is 12.2 Å². The second kappa shape index (κ2) is 6.27. The van der Waals surface area contributed by atoms with Gasteiger partial charge in [-0.2, -0.15) is 0 Å². The Morgan fingerprint density at radius 2 is 2.00 bits per heavy atom. The monoisotopic (exact) mass is 275 g/mol. The molecule has 2 rings (SSSR count). The van der Waals surface area contributed by atoms with Crippen LogP contribution in [0.3, 0.4) is 0 Å². The maximum Gasteiger partial charge on any atom is 0.241 e. The van der Waals surface area contributed by atoms with E-state index in [1.165, 1.54) is 12.8 Å². The van der Waals surface area contributed by atoms with E-state index < -0.39 is 0 Å². The predicted octanol–water partition coefficient (Wildman–Crippen LogP) is 2.72. The summed E-state index contributed by atoms with van der Waals surface area (Å²) in [5.74, 6) is 0.700. The molecule has 4 heteroatoms. The van der Waals surface area contributed by atoms with Gasteiger partial charge in [0.05, 0.1) is 6.04 Å². The zero-order valence-electron chi connectivity index (χ0n) is 12.6. The largest absolute Gasteiger partial charge is 0.399 e. The van der Waals surface area contributed by atoms with Gasteiger partial charge in [-0.05, 0) is 63.4 Å². The molecule has 4 nitrogen and oxygen atoms in total. The van der Waals surface area contributed by atoms with E-state index in [1.807, 2.05) is 19.1 Å². The number of anilines is 2. The molecule has 3 atom stereocenters. The summed E-state index contributed by atoms with van der Waals surface area (Å²) in [6, 6.07) is 7.61. The normalized spacial score (nSPS) is 25.1. The third kappa shape index (κ3) is 3.31. The van der Waals surface area contributed by atoms with Crippen LogP contribution in [0, 0.1) is 5.92 Å². The number of hydrogen-bond acceptors (Lipinski definition) is 3. The van der Waals surface area contributed by atoms with Crippen molar-refractivity contribution in [1.82, 2.24) is 4.90 Å². The van der Waals surface area contributed by atoms with E-state index in [2.05, 4.69) is 24.1 Å². The highest BCUT2D eigenvalue weighted by atomic mass is 16.2. The van der Waals surface area contributed by atoms with Crippen LogP contribution < -0.4 is 11.1 Å². The van der Waals surface area contributed by atoms with Crippen molar-refractivity contribution in [3.05, 3.63) is 24.3 Å². The Morgan fingerprint density at radius 3 is 2.65 bits per heavy atom. The second-order valence-corrected chi connectivity index (χ2v) is 5.89. The van der Waals surface area contributed by atoms with E-state index in [9.17, 15) is 4.79 Å². The van der Waals surface area contributed by atoms with E-state index in [1.54, 1.807) is 12.1 Å². The lowest BCUT2D eigenvalue weighted by atomic mass is 9.91. The van der Waals surface area contributed by atoms with Crippen molar-refractivity contribution in [3.63, 3.8) is 0 Å². The minimum absolute atomic E-state index is 0.0516. The molecular formula is C16H25N3O. The molecule has 0 radical (unpaired) electrons. The third-order valence-corrected chi connectivity index (χ3v) is 4.48. The smallest absolute Gasteiger partial charge is 0.241 e. The van der Waals surface area contributed by atoms with Crippen molar-refractivity contribution in [2.24, 2.45) is 5.92 Å². The molecule has 1 amide bonds. The van der Waals surface area contributed by atoms with Crippen LogP contribution >= 0.6 is 0 Å². The van der Waals surface area contributed by atoms with Crippen molar-refractivity contribution >= 4 is 17.3 Å². The molecule has 1 heterocycles. The average molecular weight is 275 g/mol. The number of hydrogen-bond donors (Lipinski definition) is 2. The van der Waals surface area contributed by atoms with Crippen LogP contribution in [-0.2, 0) is 4.79 Å². The van der Waals surface area contributed by atoms with E-state index in [4.69, 9.17) is 5.73 Å². The average Bonchev–Trinajstić information content (AvgIpc) is 2.43. The standard InChI is InChI=1S/C16H25N3O/c1-11-5-4-10-19(12(11)2)13(3)16(20)18-15-8-6-14(17)7-9-15/h6-9,11-13H,4-5,10,17H2,1-3H3,(H,18,20). The Hall–Kier alpha value is -1.55. The summed E-state index contributed by atoms with van der Waals surface area (Å²) < 4.78 is 0. The van der Waals surface area contributed by atoms with Crippen LogP contribution in [0.25, 0.3) is 0 Å². The maximum absolute atomic E-state index is 12.4. The molecule has 1 saturated heterocycles. The molecule has 0 bridgehead atoms. The first-order chi connectivity index (χ1) is 9.49. The number of nitrogen functional groups attached to an aromatic ring is 1. The second-order valence-electron chi connectivity index (χ2n) is 5.89. The van der Waals surface area contributed by atoms with Gasteiger partial charge in [-0.3, -0.25) is 9.69 Å². The summed E-state index contributed by atoms with van der Waals surface area (Å²) >= 11 is 0. The number of rotatable bonds is 3. The van der Waals surface area contributed by atoms with Gasteiger partial charge in [0.2, 0.25) is 5.91 Å². The molecule has 1 aliphatic rings. The summed E-state index contributed by atoms with van der Waals surface area (Å²) in [5.41, 5.74) is 7.15. The zero-order valence-corrected chi connectivity index (χ0v) is 12.6. The molecule has 1 aromatic rings. The highest BCUT2D eigenvalue weighted by Gasteiger charge is 2.31. The summed E-state index contributed by atoms with van der Waals surface area (Å²) in [7, 11) is 0. The lowest BCUT2D eigenvalue weighted by Gasteiger charge is -2.41. The fourth-order valence-electron chi connectivity index (χ4n) is 2.88. The molecule has 20 heavy (non-hydrogen) atoms. The first kappa shape index (κ1) is 14.9. The van der Waals surface area contributed by atoms with E-state index in [0.29, 0.717) is 17.6 Å². The van der Waals surface area contributed by atoms with Crippen LogP contribution in [0.15, 0.2) is 24.3 Å². The molecule has 0 aromatic heterocycles. The molecule has 3 N–H and O–H groups in total. The SMILES string of the molecule is CC1CCCN(C(C)C(=O)Nc2ccc(N)cc2)C1C. The Labute approximate surface area is 121 Å². The summed E-state index contributed by atoms with van der Waals surface area (Å²) in [6.45, 7) is 7.47. The van der Waals surface area contributed by atoms with Gasteiger partial charge in [-0.15, -0.1) is 0 Å². The molecule has 0 saturated carbocycles. The first-order valence-corrected chi connectivity index (χ1v) is 7.41. The molecule has 0 aliphatic carbocycles. The fourth-order valence-corrected chi connectivity index (χ4v) is 2.88. The molecule has 3 unspecified atom stereocenters. The topological polar surface area (TPSA) is 58.4 Å². The highest BCUT2D eigenvalue weighted by Crippen LogP contribution is 2.25. The minimum Gasteiger partial charge on any atom is -0.399 e. The molecular weight excluding hydrogens is 250 g/mol. The van der Waals surface area contributed by atoms with Crippen molar-refractivity contribution in [3.8, 4) is 0 Å². The van der Waals surface area contributed by atoms with Gasteiger partial charge in [-0.25, -0.2) is 0 Å². The lowest BCUT2D eigenvalue weighted by Crippen LogP contribution is -2.51. The van der Waals surface area contributed by atoms with Gasteiger partial charge >= 0.3 is 0 Å². The minimum atomic E-state index is -0.106. The van der Waals surface area contributed by atoms with E-state index >= 15 is 0 Å².